The number of likely N-dealkylation sites (N-methyl/N-ethyl adjacent to an activating group) is 1. The Labute approximate surface area is 169 Å². The molecular weight excluding hydrogens is 385 g/mol. The Bertz CT molecular complexity index is 812. The van der Waals surface area contributed by atoms with E-state index in [0.717, 1.165) is 6.42 Å². The summed E-state index contributed by atoms with van der Waals surface area (Å²) in [5, 5.41) is 6.41. The van der Waals surface area contributed by atoms with Crippen LogP contribution in [0.25, 0.3) is 0 Å². The van der Waals surface area contributed by atoms with Gasteiger partial charge >= 0.3 is 0 Å². The zero-order chi connectivity index (χ0) is 19.8. The van der Waals surface area contributed by atoms with Crippen LogP contribution in [0.1, 0.15) is 11.1 Å². The molecule has 0 atom stereocenters. The number of nitrogens with zero attached hydrogens (tertiary/aromatic N) is 1. The SMILES string of the molecule is Cc1ccccc1CCNC(=O)CN(C)CC(=O)Nc1ccc(Cl)c(Cl)c1. The van der Waals surface area contributed by atoms with Crippen molar-refractivity contribution < 1.29 is 9.59 Å². The van der Waals surface area contributed by atoms with Crippen molar-refractivity contribution in [3.63, 3.8) is 0 Å². The monoisotopic (exact) mass is 407 g/mol. The first-order chi connectivity index (χ1) is 12.8. The second kappa shape index (κ2) is 10.3. The molecule has 0 spiro atoms. The first-order valence-electron chi connectivity index (χ1n) is 8.60. The fraction of sp³-hybridized carbons (Fsp3) is 0.300. The van der Waals surface area contributed by atoms with E-state index in [-0.39, 0.29) is 24.9 Å². The van der Waals surface area contributed by atoms with E-state index >= 15 is 0 Å². The van der Waals surface area contributed by atoms with Crippen molar-refractivity contribution in [2.75, 3.05) is 32.0 Å². The van der Waals surface area contributed by atoms with Crippen LogP contribution in [0.4, 0.5) is 5.69 Å². The molecule has 0 saturated carbocycles. The molecule has 27 heavy (non-hydrogen) atoms. The molecule has 2 amide bonds. The third kappa shape index (κ3) is 7.21. The van der Waals surface area contributed by atoms with Crippen LogP contribution in [0.2, 0.25) is 10.0 Å². The van der Waals surface area contributed by atoms with Gasteiger partial charge in [0.15, 0.2) is 0 Å². The smallest absolute Gasteiger partial charge is 0.238 e. The highest BCUT2D eigenvalue weighted by atomic mass is 35.5. The van der Waals surface area contributed by atoms with Gasteiger partial charge in [0.1, 0.15) is 0 Å². The molecule has 144 valence electrons. The highest BCUT2D eigenvalue weighted by Crippen LogP contribution is 2.24. The van der Waals surface area contributed by atoms with Crippen molar-refractivity contribution in [1.82, 2.24) is 10.2 Å². The van der Waals surface area contributed by atoms with Crippen molar-refractivity contribution in [3.8, 4) is 0 Å². The first kappa shape index (κ1) is 21.2. The third-order valence-electron chi connectivity index (χ3n) is 4.01. The topological polar surface area (TPSA) is 61.4 Å². The summed E-state index contributed by atoms with van der Waals surface area (Å²) in [7, 11) is 1.72. The molecule has 0 radical (unpaired) electrons. The van der Waals surface area contributed by atoms with Crippen LogP contribution >= 0.6 is 23.2 Å². The van der Waals surface area contributed by atoms with Crippen LogP contribution in [-0.2, 0) is 16.0 Å². The van der Waals surface area contributed by atoms with Crippen LogP contribution in [0.5, 0.6) is 0 Å². The normalized spacial score (nSPS) is 10.7. The van der Waals surface area contributed by atoms with E-state index in [1.165, 1.54) is 11.1 Å². The molecule has 0 aliphatic carbocycles. The van der Waals surface area contributed by atoms with Gasteiger partial charge in [-0.25, -0.2) is 0 Å². The van der Waals surface area contributed by atoms with E-state index in [9.17, 15) is 9.59 Å². The Kier molecular flexibility index (Phi) is 8.10. The van der Waals surface area contributed by atoms with Crippen LogP contribution in [0.3, 0.4) is 0 Å². The van der Waals surface area contributed by atoms with Gasteiger partial charge in [-0.1, -0.05) is 47.5 Å². The molecule has 7 heteroatoms. The number of anilines is 1. The number of aryl methyl sites for hydroxylation is 1. The Hall–Kier alpha value is -2.08. The van der Waals surface area contributed by atoms with Crippen LogP contribution in [0.15, 0.2) is 42.5 Å². The molecule has 2 rings (SSSR count). The number of carbonyl (C=O) groups is 2. The molecule has 0 fully saturated rings. The zero-order valence-electron chi connectivity index (χ0n) is 15.4. The number of hydrogen-bond donors (Lipinski definition) is 2. The fourth-order valence-electron chi connectivity index (χ4n) is 2.60. The quantitative estimate of drug-likeness (QED) is 0.703. The lowest BCUT2D eigenvalue weighted by Crippen LogP contribution is -2.39. The molecule has 0 aromatic heterocycles. The number of hydrogen-bond acceptors (Lipinski definition) is 3. The molecule has 0 heterocycles. The van der Waals surface area contributed by atoms with Gasteiger partial charge in [-0.05, 0) is 49.7 Å². The van der Waals surface area contributed by atoms with E-state index in [4.69, 9.17) is 23.2 Å². The molecule has 0 aliphatic heterocycles. The second-order valence-electron chi connectivity index (χ2n) is 6.38. The van der Waals surface area contributed by atoms with E-state index in [0.29, 0.717) is 22.3 Å². The van der Waals surface area contributed by atoms with E-state index < -0.39 is 0 Å². The summed E-state index contributed by atoms with van der Waals surface area (Å²) >= 11 is 11.8. The number of carbonyl (C=O) groups excluding carboxylic acids is 2. The lowest BCUT2D eigenvalue weighted by molar-refractivity contribution is -0.122. The van der Waals surface area contributed by atoms with Gasteiger partial charge in [0, 0.05) is 12.2 Å². The van der Waals surface area contributed by atoms with Crippen molar-refractivity contribution in [2.24, 2.45) is 0 Å². The lowest BCUT2D eigenvalue weighted by Gasteiger charge is -2.16. The summed E-state index contributed by atoms with van der Waals surface area (Å²) < 4.78 is 0. The lowest BCUT2D eigenvalue weighted by atomic mass is 10.1. The highest BCUT2D eigenvalue weighted by Gasteiger charge is 2.11. The summed E-state index contributed by atoms with van der Waals surface area (Å²) in [6, 6.07) is 13.0. The summed E-state index contributed by atoms with van der Waals surface area (Å²) in [6.45, 7) is 2.85. The third-order valence-corrected chi connectivity index (χ3v) is 4.75. The molecular formula is C20H23Cl2N3O2. The maximum absolute atomic E-state index is 12.1. The first-order valence-corrected chi connectivity index (χ1v) is 9.35. The number of nitrogens with one attached hydrogen (secondary N) is 2. The minimum absolute atomic E-state index is 0.0887. The van der Waals surface area contributed by atoms with E-state index in [2.05, 4.69) is 29.7 Å². The van der Waals surface area contributed by atoms with Gasteiger partial charge in [0.2, 0.25) is 11.8 Å². The fourth-order valence-corrected chi connectivity index (χ4v) is 2.90. The van der Waals surface area contributed by atoms with Crippen molar-refractivity contribution >= 4 is 40.7 Å². The molecule has 0 unspecified atom stereocenters. The Balaban J connectivity index is 1.71. The Morgan fingerprint density at radius 3 is 2.41 bits per heavy atom. The van der Waals surface area contributed by atoms with Gasteiger partial charge in [-0.2, -0.15) is 0 Å². The maximum Gasteiger partial charge on any atom is 0.238 e. The molecule has 0 saturated heterocycles. The molecule has 2 N–H and O–H groups in total. The number of halogens is 2. The van der Waals surface area contributed by atoms with Crippen LogP contribution < -0.4 is 10.6 Å². The number of amides is 2. The van der Waals surface area contributed by atoms with Crippen molar-refractivity contribution in [2.45, 2.75) is 13.3 Å². The summed E-state index contributed by atoms with van der Waals surface area (Å²) in [5.74, 6) is -0.350. The standard InChI is InChI=1S/C20H23Cl2N3O2/c1-14-5-3-4-6-15(14)9-10-23-19(26)12-25(2)13-20(27)24-16-7-8-17(21)18(22)11-16/h3-8,11H,9-10,12-13H2,1-2H3,(H,23,26)(H,24,27). The average molecular weight is 408 g/mol. The summed E-state index contributed by atoms with van der Waals surface area (Å²) in [6.07, 6.45) is 0.778. The van der Waals surface area contributed by atoms with E-state index in [1.54, 1.807) is 30.1 Å². The van der Waals surface area contributed by atoms with Gasteiger partial charge < -0.3 is 10.6 Å². The predicted molar refractivity (Wildman–Crippen MR) is 110 cm³/mol. The van der Waals surface area contributed by atoms with Gasteiger partial charge in [-0.3, -0.25) is 14.5 Å². The largest absolute Gasteiger partial charge is 0.355 e. The zero-order valence-corrected chi connectivity index (χ0v) is 16.9. The van der Waals surface area contributed by atoms with Crippen LogP contribution in [-0.4, -0.2) is 43.4 Å². The van der Waals surface area contributed by atoms with Crippen molar-refractivity contribution in [3.05, 3.63) is 63.6 Å². The number of rotatable bonds is 8. The van der Waals surface area contributed by atoms with Crippen LogP contribution in [0, 0.1) is 6.92 Å². The molecule has 5 nitrogen and oxygen atoms in total. The number of benzene rings is 2. The highest BCUT2D eigenvalue weighted by molar-refractivity contribution is 6.42. The molecule has 0 bridgehead atoms. The Morgan fingerprint density at radius 1 is 1.00 bits per heavy atom. The average Bonchev–Trinajstić information content (AvgIpc) is 2.59. The maximum atomic E-state index is 12.1. The minimum Gasteiger partial charge on any atom is -0.355 e. The molecule has 2 aromatic rings. The Morgan fingerprint density at radius 2 is 1.70 bits per heavy atom. The minimum atomic E-state index is -0.233. The summed E-state index contributed by atoms with van der Waals surface area (Å²) in [4.78, 5) is 25.8. The van der Waals surface area contributed by atoms with Crippen molar-refractivity contribution in [1.29, 1.82) is 0 Å². The molecule has 0 aliphatic rings. The molecule has 2 aromatic carbocycles. The van der Waals surface area contributed by atoms with Gasteiger partial charge in [0.05, 0.1) is 23.1 Å². The van der Waals surface area contributed by atoms with Gasteiger partial charge in [-0.15, -0.1) is 0 Å². The summed E-state index contributed by atoms with van der Waals surface area (Å²) in [5.41, 5.74) is 2.99. The van der Waals surface area contributed by atoms with E-state index in [1.807, 2.05) is 12.1 Å². The van der Waals surface area contributed by atoms with Gasteiger partial charge in [0.25, 0.3) is 0 Å². The predicted octanol–water partition coefficient (Wildman–Crippen LogP) is 3.53. The second-order valence-corrected chi connectivity index (χ2v) is 7.19.